The number of benzene rings is 1. The van der Waals surface area contributed by atoms with Gasteiger partial charge in [-0.2, -0.15) is 0 Å². The van der Waals surface area contributed by atoms with Crippen molar-refractivity contribution in [2.45, 2.75) is 25.9 Å². The van der Waals surface area contributed by atoms with Crippen LogP contribution in [0.1, 0.15) is 35.7 Å². The van der Waals surface area contributed by atoms with E-state index in [-0.39, 0.29) is 6.10 Å². The van der Waals surface area contributed by atoms with Gasteiger partial charge in [-0.3, -0.25) is 0 Å². The van der Waals surface area contributed by atoms with E-state index in [1.807, 2.05) is 0 Å². The molecule has 0 spiro atoms. The molecule has 0 atom stereocenters. The first-order valence-electron chi connectivity index (χ1n) is 6.13. The number of carbonyl (C=O) groups excluding carboxylic acids is 1. The summed E-state index contributed by atoms with van der Waals surface area (Å²) in [6.07, 6.45) is 3.94. The average Bonchev–Trinajstić information content (AvgIpc) is 3.16. The molecular weight excluding hydrogens is 244 g/mol. The van der Waals surface area contributed by atoms with Crippen molar-refractivity contribution < 1.29 is 14.3 Å². The molecule has 2 rings (SSSR count). The second-order valence-corrected chi connectivity index (χ2v) is 4.67. The fourth-order valence-electron chi connectivity index (χ4n) is 1.71. The van der Waals surface area contributed by atoms with Crippen LogP contribution in [0.15, 0.2) is 17.8 Å². The van der Waals surface area contributed by atoms with Gasteiger partial charge in [0, 0.05) is 11.3 Å². The molecule has 19 heavy (non-hydrogen) atoms. The van der Waals surface area contributed by atoms with Gasteiger partial charge in [-0.15, -0.1) is 0 Å². The summed E-state index contributed by atoms with van der Waals surface area (Å²) in [6, 6.07) is 3.26. The van der Waals surface area contributed by atoms with Gasteiger partial charge >= 0.3 is 5.97 Å². The van der Waals surface area contributed by atoms with Gasteiger partial charge in [0.1, 0.15) is 5.75 Å². The molecule has 0 heterocycles. The molecular formula is C14H18N2O3. The molecule has 5 nitrogen and oxygen atoms in total. The normalized spacial score (nSPS) is 15.2. The van der Waals surface area contributed by atoms with Crippen LogP contribution in [0.25, 0.3) is 6.08 Å². The number of carbonyl (C=O) groups is 1. The zero-order chi connectivity index (χ0) is 14.0. The first-order chi connectivity index (χ1) is 9.01. The minimum atomic E-state index is -0.426. The molecule has 1 aliphatic rings. The lowest BCUT2D eigenvalue weighted by Crippen LogP contribution is -2.07. The van der Waals surface area contributed by atoms with Crippen LogP contribution in [-0.2, 0) is 4.74 Å². The van der Waals surface area contributed by atoms with E-state index >= 15 is 0 Å². The van der Waals surface area contributed by atoms with E-state index in [1.54, 1.807) is 25.1 Å². The third-order valence-electron chi connectivity index (χ3n) is 2.80. The highest BCUT2D eigenvalue weighted by Crippen LogP contribution is 2.34. The molecule has 4 N–H and O–H groups in total. The third kappa shape index (κ3) is 3.19. The number of anilines is 1. The van der Waals surface area contributed by atoms with Gasteiger partial charge in [0.25, 0.3) is 0 Å². The van der Waals surface area contributed by atoms with Gasteiger partial charge in [0.2, 0.25) is 0 Å². The maximum absolute atomic E-state index is 11.6. The SMILES string of the molecule is COC(=O)c1cc(/C=C(/C)N)c(N)c(OC2CC2)c1. The van der Waals surface area contributed by atoms with Gasteiger partial charge in [0.05, 0.1) is 24.5 Å². The minimum absolute atomic E-state index is 0.200. The fourth-order valence-corrected chi connectivity index (χ4v) is 1.71. The molecule has 1 saturated carbocycles. The molecule has 0 saturated heterocycles. The Kier molecular flexibility index (Phi) is 3.64. The lowest BCUT2D eigenvalue weighted by atomic mass is 10.1. The van der Waals surface area contributed by atoms with Crippen molar-refractivity contribution >= 4 is 17.7 Å². The molecule has 0 radical (unpaired) electrons. The highest BCUT2D eigenvalue weighted by atomic mass is 16.5. The molecule has 0 aliphatic heterocycles. The predicted octanol–water partition coefficient (Wildman–Crippen LogP) is 1.92. The van der Waals surface area contributed by atoms with Crippen molar-refractivity contribution in [2.24, 2.45) is 5.73 Å². The quantitative estimate of drug-likeness (QED) is 0.639. The van der Waals surface area contributed by atoms with Crippen molar-refractivity contribution in [1.82, 2.24) is 0 Å². The highest BCUT2D eigenvalue weighted by Gasteiger charge is 2.25. The number of allylic oxidation sites excluding steroid dienone is 1. The maximum Gasteiger partial charge on any atom is 0.338 e. The highest BCUT2D eigenvalue weighted by molar-refractivity contribution is 5.92. The molecule has 0 amide bonds. The van der Waals surface area contributed by atoms with Crippen LogP contribution in [0.5, 0.6) is 5.75 Å². The van der Waals surface area contributed by atoms with E-state index in [2.05, 4.69) is 0 Å². The van der Waals surface area contributed by atoms with Crippen molar-refractivity contribution in [3.8, 4) is 5.75 Å². The molecule has 102 valence electrons. The summed E-state index contributed by atoms with van der Waals surface area (Å²) >= 11 is 0. The standard InChI is InChI=1S/C14H18N2O3/c1-8(15)5-9-6-10(14(17)18-2)7-12(13(9)16)19-11-3-4-11/h5-7,11H,3-4,15-16H2,1-2H3/b8-5-. The lowest BCUT2D eigenvalue weighted by molar-refractivity contribution is 0.0600. The summed E-state index contributed by atoms with van der Waals surface area (Å²) in [5.41, 5.74) is 13.9. The summed E-state index contributed by atoms with van der Waals surface area (Å²) < 4.78 is 10.4. The Bertz CT molecular complexity index is 530. The Morgan fingerprint density at radius 3 is 2.63 bits per heavy atom. The zero-order valence-corrected chi connectivity index (χ0v) is 11.1. The van der Waals surface area contributed by atoms with Crippen molar-refractivity contribution in [3.63, 3.8) is 0 Å². The van der Waals surface area contributed by atoms with E-state index < -0.39 is 5.97 Å². The molecule has 1 aromatic carbocycles. The van der Waals surface area contributed by atoms with Crippen molar-refractivity contribution in [1.29, 1.82) is 0 Å². The molecule has 0 aromatic heterocycles. The monoisotopic (exact) mass is 262 g/mol. The molecule has 0 bridgehead atoms. The van der Waals surface area contributed by atoms with Crippen molar-refractivity contribution in [2.75, 3.05) is 12.8 Å². The Morgan fingerprint density at radius 2 is 2.11 bits per heavy atom. The Morgan fingerprint density at radius 1 is 1.42 bits per heavy atom. The summed E-state index contributed by atoms with van der Waals surface area (Å²) in [7, 11) is 1.34. The smallest absolute Gasteiger partial charge is 0.338 e. The number of nitrogens with two attached hydrogens (primary N) is 2. The topological polar surface area (TPSA) is 87.6 Å². The van der Waals surface area contributed by atoms with Gasteiger partial charge in [0.15, 0.2) is 0 Å². The van der Waals surface area contributed by atoms with Gasteiger partial charge in [-0.05, 0) is 38.0 Å². The molecule has 1 aromatic rings. The van der Waals surface area contributed by atoms with Crippen LogP contribution in [-0.4, -0.2) is 19.2 Å². The van der Waals surface area contributed by atoms with Gasteiger partial charge < -0.3 is 20.9 Å². The van der Waals surface area contributed by atoms with E-state index in [9.17, 15) is 4.79 Å². The number of ether oxygens (including phenoxy) is 2. The first kappa shape index (κ1) is 13.3. The maximum atomic E-state index is 11.6. The predicted molar refractivity (Wildman–Crippen MR) is 73.7 cm³/mol. The lowest BCUT2D eigenvalue weighted by Gasteiger charge is -2.12. The number of hydrogen-bond acceptors (Lipinski definition) is 5. The summed E-state index contributed by atoms with van der Waals surface area (Å²) in [4.78, 5) is 11.6. The van der Waals surface area contributed by atoms with Crippen LogP contribution in [0.4, 0.5) is 5.69 Å². The zero-order valence-electron chi connectivity index (χ0n) is 11.1. The summed E-state index contributed by atoms with van der Waals surface area (Å²) in [5.74, 6) is 0.0860. The van der Waals surface area contributed by atoms with Gasteiger partial charge in [-0.25, -0.2) is 4.79 Å². The molecule has 5 heteroatoms. The fraction of sp³-hybridized carbons (Fsp3) is 0.357. The first-order valence-corrected chi connectivity index (χ1v) is 6.13. The number of methoxy groups -OCH3 is 1. The Labute approximate surface area is 112 Å². The molecule has 0 unspecified atom stereocenters. The van der Waals surface area contributed by atoms with E-state index in [4.69, 9.17) is 20.9 Å². The Hall–Kier alpha value is -2.17. The second kappa shape index (κ2) is 5.22. The van der Waals surface area contributed by atoms with E-state index in [1.165, 1.54) is 7.11 Å². The van der Waals surface area contributed by atoms with Crippen LogP contribution < -0.4 is 16.2 Å². The number of hydrogen-bond donors (Lipinski definition) is 2. The molecule has 1 fully saturated rings. The van der Waals surface area contributed by atoms with E-state index in [0.29, 0.717) is 28.3 Å². The largest absolute Gasteiger partial charge is 0.488 e. The number of rotatable bonds is 4. The minimum Gasteiger partial charge on any atom is -0.488 e. The average molecular weight is 262 g/mol. The van der Waals surface area contributed by atoms with Crippen LogP contribution in [0.3, 0.4) is 0 Å². The van der Waals surface area contributed by atoms with Crippen LogP contribution in [0, 0.1) is 0 Å². The van der Waals surface area contributed by atoms with Crippen LogP contribution in [0.2, 0.25) is 0 Å². The van der Waals surface area contributed by atoms with Crippen molar-refractivity contribution in [3.05, 3.63) is 29.0 Å². The van der Waals surface area contributed by atoms with Crippen LogP contribution >= 0.6 is 0 Å². The van der Waals surface area contributed by atoms with Gasteiger partial charge in [-0.1, -0.05) is 0 Å². The number of esters is 1. The number of nitrogen functional groups attached to an aromatic ring is 1. The summed E-state index contributed by atoms with van der Waals surface area (Å²) in [6.45, 7) is 1.76. The molecule has 1 aliphatic carbocycles. The second-order valence-electron chi connectivity index (χ2n) is 4.67. The Balaban J connectivity index is 2.45. The van der Waals surface area contributed by atoms with E-state index in [0.717, 1.165) is 12.8 Å². The summed E-state index contributed by atoms with van der Waals surface area (Å²) in [5, 5.41) is 0. The third-order valence-corrected chi connectivity index (χ3v) is 2.80.